The Morgan fingerprint density at radius 2 is 1.69 bits per heavy atom. The van der Waals surface area contributed by atoms with Gasteiger partial charge in [0.1, 0.15) is 18.1 Å². The fourth-order valence-corrected chi connectivity index (χ4v) is 3.37. The van der Waals surface area contributed by atoms with Crippen LogP contribution < -0.4 is 14.8 Å². The molecule has 6 nitrogen and oxygen atoms in total. The number of nitrogens with one attached hydrogen (secondary N) is 1. The highest BCUT2D eigenvalue weighted by Gasteiger charge is 2.25. The van der Waals surface area contributed by atoms with E-state index < -0.39 is 5.97 Å². The second kappa shape index (κ2) is 7.91. The first-order valence-corrected chi connectivity index (χ1v) is 9.27. The minimum Gasteiger partial charge on any atom is -0.488 e. The van der Waals surface area contributed by atoms with Crippen LogP contribution in [0.25, 0.3) is 6.08 Å². The molecule has 1 N–H and O–H groups in total. The van der Waals surface area contributed by atoms with E-state index >= 15 is 0 Å². The molecule has 1 amide bonds. The molecule has 0 radical (unpaired) electrons. The lowest BCUT2D eigenvalue weighted by Gasteiger charge is -2.24. The molecule has 1 aliphatic heterocycles. The lowest BCUT2D eigenvalue weighted by atomic mass is 9.94. The summed E-state index contributed by atoms with van der Waals surface area (Å²) in [5, 5.41) is 2.79. The van der Waals surface area contributed by atoms with Crippen LogP contribution in [0.15, 0.2) is 29.8 Å². The first-order chi connectivity index (χ1) is 13.7. The summed E-state index contributed by atoms with van der Waals surface area (Å²) >= 11 is 0. The monoisotopic (exact) mass is 393 g/mol. The fraction of sp³-hybridized carbons (Fsp3) is 0.261. The van der Waals surface area contributed by atoms with Crippen molar-refractivity contribution >= 4 is 29.4 Å². The van der Waals surface area contributed by atoms with Crippen LogP contribution >= 0.6 is 0 Å². The number of Topliss-reactive ketones (excluding diaryl/α,β-unsaturated/α-hetero) is 1. The number of carbonyl (C=O) groups is 3. The van der Waals surface area contributed by atoms with Crippen molar-refractivity contribution in [2.45, 2.75) is 34.6 Å². The number of anilines is 1. The second-order valence-electron chi connectivity index (χ2n) is 7.05. The fourth-order valence-electron chi connectivity index (χ4n) is 3.37. The number of ketones is 1. The number of para-hydroxylation sites is 1. The molecule has 0 unspecified atom stereocenters. The molecule has 29 heavy (non-hydrogen) atoms. The highest BCUT2D eigenvalue weighted by atomic mass is 16.5. The number of amides is 1. The lowest BCUT2D eigenvalue weighted by Crippen LogP contribution is -2.23. The van der Waals surface area contributed by atoms with Crippen molar-refractivity contribution in [1.82, 2.24) is 0 Å². The Bertz CT molecular complexity index is 1070. The molecule has 0 aromatic heterocycles. The summed E-state index contributed by atoms with van der Waals surface area (Å²) in [5.41, 5.74) is 4.43. The van der Waals surface area contributed by atoms with E-state index in [4.69, 9.17) is 9.47 Å². The Hall–Kier alpha value is -3.41. The normalized spacial score (nSPS) is 12.4. The van der Waals surface area contributed by atoms with Gasteiger partial charge in [-0.05, 0) is 57.0 Å². The largest absolute Gasteiger partial charge is 0.488 e. The topological polar surface area (TPSA) is 81.7 Å². The maximum atomic E-state index is 12.8. The molecule has 0 aliphatic carbocycles. The van der Waals surface area contributed by atoms with Gasteiger partial charge in [-0.25, -0.2) is 0 Å². The van der Waals surface area contributed by atoms with Crippen LogP contribution in [-0.2, 0) is 9.59 Å². The third-order valence-electron chi connectivity index (χ3n) is 5.02. The van der Waals surface area contributed by atoms with Crippen molar-refractivity contribution < 1.29 is 23.9 Å². The highest BCUT2D eigenvalue weighted by Crippen LogP contribution is 2.41. The molecule has 1 heterocycles. The van der Waals surface area contributed by atoms with E-state index in [-0.39, 0.29) is 18.3 Å². The summed E-state index contributed by atoms with van der Waals surface area (Å²) in [6.07, 6.45) is 1.75. The van der Waals surface area contributed by atoms with Gasteiger partial charge in [-0.1, -0.05) is 12.1 Å². The molecule has 150 valence electrons. The van der Waals surface area contributed by atoms with Gasteiger partial charge < -0.3 is 14.8 Å². The summed E-state index contributed by atoms with van der Waals surface area (Å²) in [6.45, 7) is 8.50. The first-order valence-electron chi connectivity index (χ1n) is 9.27. The summed E-state index contributed by atoms with van der Waals surface area (Å²) in [7, 11) is 0. The van der Waals surface area contributed by atoms with Gasteiger partial charge in [0.15, 0.2) is 5.78 Å². The molecule has 0 saturated carbocycles. The van der Waals surface area contributed by atoms with Gasteiger partial charge in [0.2, 0.25) is 0 Å². The second-order valence-corrected chi connectivity index (χ2v) is 7.05. The lowest BCUT2D eigenvalue weighted by molar-refractivity contribution is -0.132. The minimum absolute atomic E-state index is 0.105. The molecule has 6 heteroatoms. The molecule has 2 aromatic carbocycles. The molecule has 2 aromatic rings. The molecule has 0 atom stereocenters. The van der Waals surface area contributed by atoms with Crippen LogP contribution in [0.4, 0.5) is 5.69 Å². The zero-order valence-corrected chi connectivity index (χ0v) is 17.1. The van der Waals surface area contributed by atoms with E-state index in [0.29, 0.717) is 33.9 Å². The quantitative estimate of drug-likeness (QED) is 0.479. The average molecular weight is 393 g/mol. The van der Waals surface area contributed by atoms with Crippen molar-refractivity contribution in [1.29, 1.82) is 0 Å². The average Bonchev–Trinajstić information content (AvgIpc) is 2.69. The maximum absolute atomic E-state index is 12.8. The Kier molecular flexibility index (Phi) is 5.55. The van der Waals surface area contributed by atoms with E-state index in [1.54, 1.807) is 30.3 Å². The number of ether oxygens (including phenoxy) is 2. The third-order valence-corrected chi connectivity index (χ3v) is 5.02. The number of esters is 1. The molecule has 0 fully saturated rings. The van der Waals surface area contributed by atoms with Gasteiger partial charge in [0, 0.05) is 23.6 Å². The number of carbonyl (C=O) groups excluding carboxylic acids is 3. The van der Waals surface area contributed by atoms with Crippen molar-refractivity contribution in [3.63, 3.8) is 0 Å². The number of rotatable bonds is 4. The van der Waals surface area contributed by atoms with Gasteiger partial charge in [-0.15, -0.1) is 0 Å². The van der Waals surface area contributed by atoms with Gasteiger partial charge in [-0.2, -0.15) is 0 Å². The third kappa shape index (κ3) is 3.92. The Morgan fingerprint density at radius 1 is 1.00 bits per heavy atom. The van der Waals surface area contributed by atoms with Crippen LogP contribution in [0.1, 0.15) is 46.5 Å². The Balaban J connectivity index is 1.99. The van der Waals surface area contributed by atoms with E-state index in [9.17, 15) is 14.4 Å². The van der Waals surface area contributed by atoms with E-state index in [1.807, 2.05) is 20.8 Å². The maximum Gasteiger partial charge on any atom is 0.308 e. The Labute approximate surface area is 169 Å². The van der Waals surface area contributed by atoms with Crippen LogP contribution in [0.5, 0.6) is 11.5 Å². The van der Waals surface area contributed by atoms with Gasteiger partial charge in [0.25, 0.3) is 5.91 Å². The summed E-state index contributed by atoms with van der Waals surface area (Å²) < 4.78 is 11.3. The molecule has 3 rings (SSSR count). The molecule has 0 spiro atoms. The number of hydrogen-bond acceptors (Lipinski definition) is 5. The first kappa shape index (κ1) is 20.3. The molecule has 0 saturated heterocycles. The van der Waals surface area contributed by atoms with Crippen molar-refractivity contribution in [2.75, 3.05) is 11.9 Å². The molecule has 0 bridgehead atoms. The molecular formula is C23H23NO5. The van der Waals surface area contributed by atoms with Crippen molar-refractivity contribution in [3.05, 3.63) is 57.7 Å². The van der Waals surface area contributed by atoms with Crippen LogP contribution in [-0.4, -0.2) is 24.3 Å². The SMILES string of the molecule is CC(=O)Oc1c(C)c(C)c2c(c1C)C=C(C(=O)Nc1ccccc1C(C)=O)CO2. The minimum atomic E-state index is -0.407. The number of benzene rings is 2. The Morgan fingerprint density at radius 3 is 2.34 bits per heavy atom. The highest BCUT2D eigenvalue weighted by molar-refractivity contribution is 6.11. The zero-order chi connectivity index (χ0) is 21.3. The van der Waals surface area contributed by atoms with E-state index in [2.05, 4.69) is 5.32 Å². The van der Waals surface area contributed by atoms with Gasteiger partial charge >= 0.3 is 5.97 Å². The van der Waals surface area contributed by atoms with Crippen LogP contribution in [0, 0.1) is 20.8 Å². The van der Waals surface area contributed by atoms with Crippen LogP contribution in [0.2, 0.25) is 0 Å². The standard InChI is InChI=1S/C23H23NO5/c1-12-13(2)22-19(14(3)21(12)29-16(5)26)10-17(11-28-22)23(27)24-20-9-7-6-8-18(20)15(4)25/h6-10H,11H2,1-5H3,(H,24,27). The summed E-state index contributed by atoms with van der Waals surface area (Å²) in [5.74, 6) is 0.271. The van der Waals surface area contributed by atoms with Crippen LogP contribution in [0.3, 0.4) is 0 Å². The van der Waals surface area contributed by atoms with Crippen molar-refractivity contribution in [2.24, 2.45) is 0 Å². The van der Waals surface area contributed by atoms with Crippen molar-refractivity contribution in [3.8, 4) is 11.5 Å². The van der Waals surface area contributed by atoms with E-state index in [1.165, 1.54) is 13.8 Å². The summed E-state index contributed by atoms with van der Waals surface area (Å²) in [4.78, 5) is 36.1. The predicted octanol–water partition coefficient (Wildman–Crippen LogP) is 4.15. The molecule has 1 aliphatic rings. The number of fused-ring (bicyclic) bond motifs is 1. The predicted molar refractivity (Wildman–Crippen MR) is 111 cm³/mol. The van der Waals surface area contributed by atoms with Gasteiger partial charge in [0.05, 0.1) is 11.3 Å². The number of hydrogen-bond donors (Lipinski definition) is 1. The zero-order valence-electron chi connectivity index (χ0n) is 17.1. The van der Waals surface area contributed by atoms with Gasteiger partial charge in [-0.3, -0.25) is 14.4 Å². The molecular weight excluding hydrogens is 370 g/mol. The van der Waals surface area contributed by atoms with E-state index in [0.717, 1.165) is 16.7 Å². The smallest absolute Gasteiger partial charge is 0.308 e. The summed E-state index contributed by atoms with van der Waals surface area (Å²) in [6, 6.07) is 6.85.